The van der Waals surface area contributed by atoms with Crippen molar-refractivity contribution in [3.8, 4) is 22.9 Å². The number of amides is 2. The normalized spacial score (nSPS) is 19.2. The minimum atomic E-state index is -3.57. The number of carbonyl (C=O) groups excluding carboxylic acids is 2. The Morgan fingerprint density at radius 2 is 1.87 bits per heavy atom. The lowest BCUT2D eigenvalue weighted by atomic mass is 10.0. The third kappa shape index (κ3) is 6.88. The lowest BCUT2D eigenvalue weighted by molar-refractivity contribution is -0.144. The fraction of sp³-hybridized carbons (Fsp3) is 0.344. The fourth-order valence-corrected chi connectivity index (χ4v) is 7.25. The van der Waals surface area contributed by atoms with Gasteiger partial charge in [-0.2, -0.15) is 24.5 Å². The predicted octanol–water partition coefficient (Wildman–Crippen LogP) is 5.33. The highest BCUT2D eigenvalue weighted by Gasteiger charge is 2.35. The second-order valence-corrected chi connectivity index (χ2v) is 13.9. The molecule has 2 amide bonds. The predicted molar refractivity (Wildman–Crippen MR) is 169 cm³/mol. The number of rotatable bonds is 9. The Kier molecular flexibility index (Phi) is 8.53. The molecule has 0 spiro atoms. The van der Waals surface area contributed by atoms with Gasteiger partial charge in [0.1, 0.15) is 25.1 Å². The Hall–Kier alpha value is -4.40. The van der Waals surface area contributed by atoms with Crippen LogP contribution in [0.4, 0.5) is 8.78 Å². The lowest BCUT2D eigenvalue weighted by Crippen LogP contribution is -2.46. The van der Waals surface area contributed by atoms with E-state index in [2.05, 4.69) is 15.7 Å². The number of carbonyl (C=O) groups is 2. The molecular formula is C32H34F2N4O7S. The molecule has 0 bridgehead atoms. The van der Waals surface area contributed by atoms with Crippen molar-refractivity contribution in [2.75, 3.05) is 24.7 Å². The molecule has 4 aromatic rings. The van der Waals surface area contributed by atoms with Gasteiger partial charge in [0.15, 0.2) is 11.5 Å². The van der Waals surface area contributed by atoms with E-state index in [9.17, 15) is 27.5 Å². The van der Waals surface area contributed by atoms with E-state index in [0.29, 0.717) is 66.0 Å². The van der Waals surface area contributed by atoms with Crippen LogP contribution in [0.15, 0.2) is 66.9 Å². The van der Waals surface area contributed by atoms with E-state index >= 15 is 0 Å². The molecule has 4 N–H and O–H groups in total. The molecule has 1 fully saturated rings. The van der Waals surface area contributed by atoms with Gasteiger partial charge >= 0.3 is 5.92 Å². The summed E-state index contributed by atoms with van der Waals surface area (Å²) in [6.45, 7) is 2.89. The first-order valence-corrected chi connectivity index (χ1v) is 16.6. The topological polar surface area (TPSA) is 144 Å². The van der Waals surface area contributed by atoms with Gasteiger partial charge in [-0.3, -0.25) is 18.7 Å². The van der Waals surface area contributed by atoms with Gasteiger partial charge in [0.25, 0.3) is 11.8 Å². The van der Waals surface area contributed by atoms with Crippen molar-refractivity contribution < 1.29 is 41.7 Å². The Morgan fingerprint density at radius 3 is 2.61 bits per heavy atom. The summed E-state index contributed by atoms with van der Waals surface area (Å²) in [5.74, 6) is -3.42. The van der Waals surface area contributed by atoms with Gasteiger partial charge in [0, 0.05) is 29.7 Å². The molecule has 3 aromatic carbocycles. The quantitative estimate of drug-likeness (QED) is 0.189. The summed E-state index contributed by atoms with van der Waals surface area (Å²) in [6.07, 6.45) is 1.28. The van der Waals surface area contributed by atoms with Crippen LogP contribution in [0, 0.1) is 0 Å². The summed E-state index contributed by atoms with van der Waals surface area (Å²) in [4.78, 5) is 25.1. The molecule has 2 aliphatic heterocycles. The summed E-state index contributed by atoms with van der Waals surface area (Å²) < 4.78 is 66.6. The Labute approximate surface area is 265 Å². The number of nitrogens with one attached hydrogen (secondary N) is 2. The van der Waals surface area contributed by atoms with E-state index in [0.717, 1.165) is 5.52 Å². The summed E-state index contributed by atoms with van der Waals surface area (Å²) in [7, 11) is -2.64. The van der Waals surface area contributed by atoms with Crippen LogP contribution in [0.3, 0.4) is 0 Å². The van der Waals surface area contributed by atoms with Crippen molar-refractivity contribution in [3.05, 3.63) is 78.0 Å². The van der Waals surface area contributed by atoms with Crippen LogP contribution < -0.4 is 24.8 Å². The highest BCUT2D eigenvalue weighted by molar-refractivity contribution is 8.24. The molecule has 46 heavy (non-hydrogen) atoms. The van der Waals surface area contributed by atoms with Crippen LogP contribution >= 0.6 is 10.6 Å². The van der Waals surface area contributed by atoms with E-state index < -0.39 is 34.6 Å². The minimum Gasteiger partial charge on any atom is -0.486 e. The van der Waals surface area contributed by atoms with Crippen molar-refractivity contribution in [2.24, 2.45) is 0 Å². The van der Waals surface area contributed by atoms with Gasteiger partial charge < -0.3 is 24.8 Å². The third-order valence-electron chi connectivity index (χ3n) is 7.86. The maximum absolute atomic E-state index is 13.8. The molecule has 6 rings (SSSR count). The maximum atomic E-state index is 13.8. The van der Waals surface area contributed by atoms with Crippen molar-refractivity contribution >= 4 is 33.3 Å². The molecule has 1 saturated heterocycles. The van der Waals surface area contributed by atoms with E-state index in [1.54, 1.807) is 72.4 Å². The minimum absolute atomic E-state index is 0.151. The molecule has 0 saturated carbocycles. The molecule has 1 aromatic heterocycles. The molecule has 3 heterocycles. The van der Waals surface area contributed by atoms with Crippen LogP contribution in [-0.2, 0) is 4.79 Å². The van der Waals surface area contributed by atoms with Gasteiger partial charge in [0.2, 0.25) is 0 Å². The van der Waals surface area contributed by atoms with E-state index in [1.807, 2.05) is 6.07 Å². The third-order valence-corrected chi connectivity index (χ3v) is 9.68. The van der Waals surface area contributed by atoms with Crippen molar-refractivity contribution in [1.82, 2.24) is 20.4 Å². The monoisotopic (exact) mass is 656 g/mol. The zero-order chi connectivity index (χ0) is 32.6. The maximum Gasteiger partial charge on any atom is 0.321 e. The first-order chi connectivity index (χ1) is 21.9. The summed E-state index contributed by atoms with van der Waals surface area (Å²) in [6, 6.07) is 16.2. The summed E-state index contributed by atoms with van der Waals surface area (Å²) >= 11 is 0. The van der Waals surface area contributed by atoms with E-state index in [-0.39, 0.29) is 23.5 Å². The number of hydrogen-bond acceptors (Lipinski definition) is 8. The van der Waals surface area contributed by atoms with Crippen LogP contribution in [0.5, 0.6) is 17.2 Å². The zero-order valence-electron chi connectivity index (χ0n) is 25.1. The largest absolute Gasteiger partial charge is 0.486 e. The smallest absolute Gasteiger partial charge is 0.321 e. The molecule has 3 unspecified atom stereocenters. The number of fused-ring (bicyclic) bond motifs is 2. The Morgan fingerprint density at radius 1 is 1.09 bits per heavy atom. The molecular weight excluding hydrogens is 622 g/mol. The Bertz CT molecular complexity index is 1780. The molecule has 0 radical (unpaired) electrons. The van der Waals surface area contributed by atoms with Crippen LogP contribution in [0.1, 0.15) is 42.3 Å². The van der Waals surface area contributed by atoms with E-state index in [1.165, 1.54) is 0 Å². The summed E-state index contributed by atoms with van der Waals surface area (Å²) in [5.41, 5.74) is 2.35. The van der Waals surface area contributed by atoms with Gasteiger partial charge in [-0.1, -0.05) is 12.1 Å². The highest BCUT2D eigenvalue weighted by atomic mass is 32.3. The number of halogens is 2. The first kappa shape index (κ1) is 31.6. The van der Waals surface area contributed by atoms with Crippen LogP contribution in [0.2, 0.25) is 0 Å². The van der Waals surface area contributed by atoms with Crippen molar-refractivity contribution in [3.63, 3.8) is 0 Å². The zero-order valence-corrected chi connectivity index (χ0v) is 25.9. The van der Waals surface area contributed by atoms with Gasteiger partial charge in [0.05, 0.1) is 29.2 Å². The van der Waals surface area contributed by atoms with Gasteiger partial charge in [-0.25, -0.2) is 4.68 Å². The average Bonchev–Trinajstić information content (AvgIpc) is 3.60. The van der Waals surface area contributed by atoms with Gasteiger partial charge in [-0.15, -0.1) is 0 Å². The number of nitrogens with zero attached hydrogens (tertiary/aromatic N) is 2. The van der Waals surface area contributed by atoms with Gasteiger partial charge in [-0.05, 0) is 67.4 Å². The fourth-order valence-electron chi connectivity index (χ4n) is 5.52. The van der Waals surface area contributed by atoms with Crippen LogP contribution in [0.25, 0.3) is 16.6 Å². The molecule has 244 valence electrons. The number of benzene rings is 3. The number of hydrogen-bond donors (Lipinski definition) is 4. The molecule has 14 heteroatoms. The second-order valence-electron chi connectivity index (χ2n) is 11.6. The summed E-state index contributed by atoms with van der Waals surface area (Å²) in [5, 5.41) is 10.5. The number of ether oxygens (including phenoxy) is 3. The van der Waals surface area contributed by atoms with Crippen LogP contribution in [-0.4, -0.2) is 73.4 Å². The molecule has 2 aliphatic rings. The van der Waals surface area contributed by atoms with E-state index in [4.69, 9.17) is 14.2 Å². The molecule has 0 aliphatic carbocycles. The van der Waals surface area contributed by atoms with Crippen molar-refractivity contribution in [1.29, 1.82) is 0 Å². The standard InChI is InChI=1S/C32H34F2N4O7S/c1-19(36-31(40)32(2,33)34)29(20-6-9-27-28(16-20)44-12-11-43-27)45-25-7-8-26-22(15-25)17-35-38(26)24-5-3-4-21(14-24)30(39)37-23-10-13-46(41,42)18-23/h3-9,14-17,19,23,29,41-42H,10-13,18H2,1-2H3,(H,36,40)(H,37,39). The first-order valence-electron chi connectivity index (χ1n) is 14.7. The number of alkyl halides is 2. The molecule has 3 atom stereocenters. The number of aromatic nitrogens is 2. The second kappa shape index (κ2) is 12.4. The Balaban J connectivity index is 1.24. The lowest BCUT2D eigenvalue weighted by Gasteiger charge is -2.28. The van der Waals surface area contributed by atoms with Crippen molar-refractivity contribution in [2.45, 2.75) is 44.4 Å². The molecule has 11 nitrogen and oxygen atoms in total. The highest BCUT2D eigenvalue weighted by Crippen LogP contribution is 2.45. The SMILES string of the molecule is CC(NC(=O)C(C)(F)F)C(Oc1ccc2c(cnn2-c2cccc(C(=O)NC3CCS(O)(O)C3)c2)c1)c1ccc2c(c1)OCCO2. The average molecular weight is 657 g/mol.